The van der Waals surface area contributed by atoms with Crippen LogP contribution in [0.5, 0.6) is 0 Å². The summed E-state index contributed by atoms with van der Waals surface area (Å²) in [5, 5.41) is 0. The number of rotatable bonds is 3. The van der Waals surface area contributed by atoms with Crippen molar-refractivity contribution in [2.45, 2.75) is 50.9 Å². The van der Waals surface area contributed by atoms with E-state index in [-0.39, 0.29) is 23.6 Å². The first-order valence-corrected chi connectivity index (χ1v) is 6.49. The van der Waals surface area contributed by atoms with Crippen molar-refractivity contribution in [2.75, 3.05) is 0 Å². The molecule has 0 radical (unpaired) electrons. The minimum Gasteiger partial charge on any atom is -0.207 e. The highest BCUT2D eigenvalue weighted by atomic mass is 35.5. The Morgan fingerprint density at radius 2 is 1.89 bits per heavy atom. The van der Waals surface area contributed by atoms with Gasteiger partial charge in [-0.25, -0.2) is 4.39 Å². The summed E-state index contributed by atoms with van der Waals surface area (Å²) in [6.07, 6.45) is 6.28. The van der Waals surface area contributed by atoms with E-state index in [4.69, 9.17) is 0 Å². The molecular weight excluding hydrogens is 247 g/mol. The predicted octanol–water partition coefficient (Wildman–Crippen LogP) is 4.86. The van der Waals surface area contributed by atoms with E-state index in [1.54, 1.807) is 6.07 Å². The first-order valence-electron chi connectivity index (χ1n) is 6.49. The summed E-state index contributed by atoms with van der Waals surface area (Å²) in [6, 6.07) is 7.13. The van der Waals surface area contributed by atoms with Crippen LogP contribution in [0.2, 0.25) is 0 Å². The van der Waals surface area contributed by atoms with Gasteiger partial charge in [-0.05, 0) is 42.4 Å². The maximum absolute atomic E-state index is 13.4. The second-order valence-electron chi connectivity index (χ2n) is 4.89. The Morgan fingerprint density at radius 3 is 2.44 bits per heavy atom. The summed E-state index contributed by atoms with van der Waals surface area (Å²) in [4.78, 5) is 0. The standard InChI is InChI=1S/C16H19F.ClH/c1-2-10-16(11-5-3-4-6-12-16)14-8-7-9-15(17)13-14;/h7-9,13H,2,5-6,10-12H2,1H3;1H. The molecule has 1 aromatic carbocycles. The Bertz CT molecular complexity index is 430. The molecule has 2 heteroatoms. The highest BCUT2D eigenvalue weighted by Gasteiger charge is 2.31. The van der Waals surface area contributed by atoms with Gasteiger partial charge in [0.25, 0.3) is 0 Å². The summed E-state index contributed by atoms with van der Waals surface area (Å²) < 4.78 is 13.4. The molecule has 0 atom stereocenters. The molecule has 0 saturated heterocycles. The number of halogens is 2. The van der Waals surface area contributed by atoms with Crippen molar-refractivity contribution >= 4 is 12.4 Å². The second kappa shape index (κ2) is 6.81. The van der Waals surface area contributed by atoms with E-state index in [1.807, 2.05) is 6.07 Å². The van der Waals surface area contributed by atoms with Crippen molar-refractivity contribution in [3.05, 3.63) is 35.6 Å². The molecule has 0 aliphatic heterocycles. The van der Waals surface area contributed by atoms with E-state index in [0.29, 0.717) is 0 Å². The monoisotopic (exact) mass is 266 g/mol. The van der Waals surface area contributed by atoms with Gasteiger partial charge in [0.05, 0.1) is 0 Å². The molecule has 98 valence electrons. The van der Waals surface area contributed by atoms with Crippen LogP contribution in [0.4, 0.5) is 4.39 Å². The SMILES string of the molecule is CCCC1(c2cccc(F)c2)CCC#CCC1.Cl. The lowest BCUT2D eigenvalue weighted by Crippen LogP contribution is -2.25. The van der Waals surface area contributed by atoms with Crippen molar-refractivity contribution in [2.24, 2.45) is 0 Å². The fourth-order valence-corrected chi connectivity index (χ4v) is 2.89. The van der Waals surface area contributed by atoms with Gasteiger partial charge >= 0.3 is 0 Å². The Labute approximate surface area is 115 Å². The largest absolute Gasteiger partial charge is 0.207 e. The molecule has 2 rings (SSSR count). The van der Waals surface area contributed by atoms with Gasteiger partial charge in [0.15, 0.2) is 0 Å². The summed E-state index contributed by atoms with van der Waals surface area (Å²) in [7, 11) is 0. The maximum atomic E-state index is 13.4. The maximum Gasteiger partial charge on any atom is 0.123 e. The van der Waals surface area contributed by atoms with E-state index in [9.17, 15) is 4.39 Å². The van der Waals surface area contributed by atoms with Crippen molar-refractivity contribution in [1.82, 2.24) is 0 Å². The Morgan fingerprint density at radius 1 is 1.22 bits per heavy atom. The summed E-state index contributed by atoms with van der Waals surface area (Å²) in [5.74, 6) is 6.28. The first-order chi connectivity index (χ1) is 8.27. The van der Waals surface area contributed by atoms with Crippen LogP contribution < -0.4 is 0 Å². The van der Waals surface area contributed by atoms with Crippen molar-refractivity contribution < 1.29 is 4.39 Å². The van der Waals surface area contributed by atoms with Gasteiger partial charge in [-0.3, -0.25) is 0 Å². The van der Waals surface area contributed by atoms with Crippen LogP contribution in [0.25, 0.3) is 0 Å². The van der Waals surface area contributed by atoms with Crippen molar-refractivity contribution in [3.63, 3.8) is 0 Å². The molecule has 1 aliphatic rings. The molecule has 0 nitrogen and oxygen atoms in total. The molecule has 0 N–H and O–H groups in total. The van der Waals surface area contributed by atoms with Gasteiger partial charge in [-0.1, -0.05) is 25.5 Å². The lowest BCUT2D eigenvalue weighted by molar-refractivity contribution is 0.344. The predicted molar refractivity (Wildman–Crippen MR) is 76.5 cm³/mol. The smallest absolute Gasteiger partial charge is 0.123 e. The fourth-order valence-electron chi connectivity index (χ4n) is 2.89. The van der Waals surface area contributed by atoms with Crippen LogP contribution in [0, 0.1) is 17.7 Å². The zero-order valence-electron chi connectivity index (χ0n) is 10.8. The summed E-state index contributed by atoms with van der Waals surface area (Å²) in [6.45, 7) is 2.20. The lowest BCUT2D eigenvalue weighted by Gasteiger charge is -2.33. The van der Waals surface area contributed by atoms with Crippen LogP contribution in [-0.4, -0.2) is 0 Å². The number of benzene rings is 1. The van der Waals surface area contributed by atoms with E-state index in [2.05, 4.69) is 24.8 Å². The van der Waals surface area contributed by atoms with E-state index in [1.165, 1.54) is 6.07 Å². The number of hydrogen-bond acceptors (Lipinski definition) is 0. The van der Waals surface area contributed by atoms with Crippen LogP contribution in [-0.2, 0) is 5.41 Å². The second-order valence-corrected chi connectivity index (χ2v) is 4.89. The van der Waals surface area contributed by atoms with Gasteiger partial charge in [-0.2, -0.15) is 0 Å². The molecule has 0 aromatic heterocycles. The Kier molecular flexibility index (Phi) is 5.69. The third-order valence-electron chi connectivity index (χ3n) is 3.75. The molecule has 0 saturated carbocycles. The zero-order chi connectivity index (χ0) is 12.1. The average molecular weight is 267 g/mol. The molecule has 1 aromatic rings. The molecule has 0 fully saturated rings. The molecule has 0 amide bonds. The van der Waals surface area contributed by atoms with E-state index in [0.717, 1.165) is 44.1 Å². The van der Waals surface area contributed by atoms with Crippen LogP contribution in [0.1, 0.15) is 51.0 Å². The highest BCUT2D eigenvalue weighted by Crippen LogP contribution is 2.39. The lowest BCUT2D eigenvalue weighted by atomic mass is 9.71. The van der Waals surface area contributed by atoms with Crippen LogP contribution in [0.15, 0.2) is 24.3 Å². The van der Waals surface area contributed by atoms with Gasteiger partial charge in [0, 0.05) is 12.8 Å². The molecule has 0 spiro atoms. The minimum absolute atomic E-state index is 0. The Balaban J connectivity index is 0.00000162. The van der Waals surface area contributed by atoms with Crippen molar-refractivity contribution in [1.29, 1.82) is 0 Å². The Hall–Kier alpha value is -1.00. The quantitative estimate of drug-likeness (QED) is 0.685. The summed E-state index contributed by atoms with van der Waals surface area (Å²) in [5.41, 5.74) is 1.29. The van der Waals surface area contributed by atoms with E-state index >= 15 is 0 Å². The molecule has 18 heavy (non-hydrogen) atoms. The van der Waals surface area contributed by atoms with Gasteiger partial charge in [-0.15, -0.1) is 24.2 Å². The normalized spacial score (nSPS) is 17.0. The third kappa shape index (κ3) is 3.27. The fraction of sp³-hybridized carbons (Fsp3) is 0.500. The van der Waals surface area contributed by atoms with Crippen molar-refractivity contribution in [3.8, 4) is 11.8 Å². The molecule has 1 aliphatic carbocycles. The molecule has 0 unspecified atom stereocenters. The highest BCUT2D eigenvalue weighted by molar-refractivity contribution is 5.85. The number of hydrogen-bond donors (Lipinski definition) is 0. The first kappa shape index (κ1) is 15.1. The van der Waals surface area contributed by atoms with E-state index < -0.39 is 0 Å². The van der Waals surface area contributed by atoms with Gasteiger partial charge in [0.1, 0.15) is 5.82 Å². The molecule has 0 bridgehead atoms. The molecule has 0 heterocycles. The minimum atomic E-state index is -0.122. The topological polar surface area (TPSA) is 0 Å². The molecular formula is C16H20ClF. The van der Waals surface area contributed by atoms with Crippen LogP contribution in [0.3, 0.4) is 0 Å². The summed E-state index contributed by atoms with van der Waals surface area (Å²) >= 11 is 0. The third-order valence-corrected chi connectivity index (χ3v) is 3.75. The zero-order valence-corrected chi connectivity index (χ0v) is 11.7. The van der Waals surface area contributed by atoms with Crippen LogP contribution >= 0.6 is 12.4 Å². The van der Waals surface area contributed by atoms with Gasteiger partial charge < -0.3 is 0 Å². The van der Waals surface area contributed by atoms with Gasteiger partial charge in [0.2, 0.25) is 0 Å². The average Bonchev–Trinajstić information content (AvgIpc) is 2.56.